The third-order valence-electron chi connectivity index (χ3n) is 3.99. The average molecular weight is 347 g/mol. The van der Waals surface area contributed by atoms with Gasteiger partial charge in [0.15, 0.2) is 0 Å². The third-order valence-corrected chi connectivity index (χ3v) is 3.99. The van der Waals surface area contributed by atoms with Crippen LogP contribution < -0.4 is 15.6 Å². The van der Waals surface area contributed by atoms with Crippen LogP contribution in [0.2, 0.25) is 0 Å². The van der Waals surface area contributed by atoms with Crippen molar-refractivity contribution in [1.29, 1.82) is 0 Å². The standard InChI is InChI=1S/C19H17N5O2/c1-26-15-9-5-6-13(10-15)12-20-18-22-19-21-16(11-17(25)24(19)23-18)14-7-3-2-4-8-14/h2-11H,12H2,1H3,(H2,20,21,22,23). The van der Waals surface area contributed by atoms with Crippen LogP contribution in [0.25, 0.3) is 17.0 Å². The Hall–Kier alpha value is -3.61. The monoisotopic (exact) mass is 347 g/mol. The smallest absolute Gasteiger partial charge is 0.274 e. The van der Waals surface area contributed by atoms with Crippen molar-refractivity contribution in [2.75, 3.05) is 12.4 Å². The normalized spacial score (nSPS) is 10.8. The molecular weight excluding hydrogens is 330 g/mol. The van der Waals surface area contributed by atoms with Gasteiger partial charge in [-0.05, 0) is 17.7 Å². The molecule has 0 aliphatic carbocycles. The number of benzene rings is 2. The van der Waals surface area contributed by atoms with Gasteiger partial charge in [0, 0.05) is 18.2 Å². The Morgan fingerprint density at radius 1 is 1.08 bits per heavy atom. The second-order valence-electron chi connectivity index (χ2n) is 5.76. The minimum atomic E-state index is -0.212. The fraction of sp³-hybridized carbons (Fsp3) is 0.105. The van der Waals surface area contributed by atoms with Gasteiger partial charge in [-0.15, -0.1) is 0 Å². The Morgan fingerprint density at radius 3 is 2.73 bits per heavy atom. The molecule has 2 aromatic heterocycles. The number of aromatic nitrogens is 4. The molecule has 0 saturated heterocycles. The molecule has 7 heteroatoms. The van der Waals surface area contributed by atoms with Crippen LogP contribution in [0.5, 0.6) is 5.75 Å². The number of hydrogen-bond donors (Lipinski definition) is 2. The van der Waals surface area contributed by atoms with Gasteiger partial charge < -0.3 is 10.1 Å². The quantitative estimate of drug-likeness (QED) is 0.580. The van der Waals surface area contributed by atoms with E-state index < -0.39 is 0 Å². The van der Waals surface area contributed by atoms with Crippen molar-refractivity contribution in [3.05, 3.63) is 76.6 Å². The van der Waals surface area contributed by atoms with Crippen molar-refractivity contribution >= 4 is 11.7 Å². The SMILES string of the molecule is COc1cccc(CNc2nc3nc(-c4ccccc4)cc(=O)n3[nH]2)c1. The minimum Gasteiger partial charge on any atom is -0.497 e. The number of hydrogen-bond acceptors (Lipinski definition) is 5. The summed E-state index contributed by atoms with van der Waals surface area (Å²) in [7, 11) is 1.63. The second kappa shape index (κ2) is 6.72. The van der Waals surface area contributed by atoms with Gasteiger partial charge in [0.25, 0.3) is 11.3 Å². The lowest BCUT2D eigenvalue weighted by molar-refractivity contribution is 0.414. The van der Waals surface area contributed by atoms with E-state index in [4.69, 9.17) is 4.74 Å². The van der Waals surface area contributed by atoms with Crippen molar-refractivity contribution in [2.45, 2.75) is 6.54 Å². The summed E-state index contributed by atoms with van der Waals surface area (Å²) in [5.74, 6) is 1.59. The maximum atomic E-state index is 12.4. The van der Waals surface area contributed by atoms with Crippen molar-refractivity contribution in [2.24, 2.45) is 0 Å². The lowest BCUT2D eigenvalue weighted by Gasteiger charge is -2.04. The highest BCUT2D eigenvalue weighted by Crippen LogP contribution is 2.16. The van der Waals surface area contributed by atoms with E-state index in [1.54, 1.807) is 7.11 Å². The Labute approximate surface area is 149 Å². The van der Waals surface area contributed by atoms with E-state index >= 15 is 0 Å². The van der Waals surface area contributed by atoms with Gasteiger partial charge in [0.2, 0.25) is 5.95 Å². The number of anilines is 1. The maximum Gasteiger partial charge on any atom is 0.274 e. The Balaban J connectivity index is 1.61. The molecule has 0 amide bonds. The number of aromatic amines is 1. The number of nitrogens with zero attached hydrogens (tertiary/aromatic N) is 3. The molecule has 4 rings (SSSR count). The molecule has 0 unspecified atom stereocenters. The first-order chi connectivity index (χ1) is 12.7. The van der Waals surface area contributed by atoms with Gasteiger partial charge in [0.1, 0.15) is 5.75 Å². The van der Waals surface area contributed by atoms with Crippen molar-refractivity contribution in [3.8, 4) is 17.0 Å². The third kappa shape index (κ3) is 3.14. The van der Waals surface area contributed by atoms with Gasteiger partial charge in [-0.2, -0.15) is 9.50 Å². The average Bonchev–Trinajstić information content (AvgIpc) is 3.11. The molecule has 26 heavy (non-hydrogen) atoms. The highest BCUT2D eigenvalue weighted by Gasteiger charge is 2.09. The molecule has 2 N–H and O–H groups in total. The zero-order valence-corrected chi connectivity index (χ0v) is 14.1. The van der Waals surface area contributed by atoms with Crippen molar-refractivity contribution in [3.63, 3.8) is 0 Å². The fourth-order valence-electron chi connectivity index (χ4n) is 2.69. The van der Waals surface area contributed by atoms with Crippen molar-refractivity contribution < 1.29 is 4.74 Å². The van der Waals surface area contributed by atoms with E-state index in [-0.39, 0.29) is 5.56 Å². The molecule has 0 atom stereocenters. The fourth-order valence-corrected chi connectivity index (χ4v) is 2.69. The van der Waals surface area contributed by atoms with E-state index in [1.807, 2.05) is 54.6 Å². The first kappa shape index (κ1) is 15.9. The van der Waals surface area contributed by atoms with Gasteiger partial charge >= 0.3 is 0 Å². The summed E-state index contributed by atoms with van der Waals surface area (Å²) in [6.45, 7) is 0.539. The molecule has 0 aliphatic heterocycles. The van der Waals surface area contributed by atoms with Crippen LogP contribution in [0.3, 0.4) is 0 Å². The predicted molar refractivity (Wildman–Crippen MR) is 99.4 cm³/mol. The molecule has 2 aromatic carbocycles. The molecule has 4 aromatic rings. The van der Waals surface area contributed by atoms with Crippen LogP contribution in [0.1, 0.15) is 5.56 Å². The number of nitrogens with one attached hydrogen (secondary N) is 2. The molecule has 0 spiro atoms. The van der Waals surface area contributed by atoms with Gasteiger partial charge in [-0.25, -0.2) is 4.98 Å². The summed E-state index contributed by atoms with van der Waals surface area (Å²) >= 11 is 0. The maximum absolute atomic E-state index is 12.4. The molecule has 0 saturated carbocycles. The molecule has 0 radical (unpaired) electrons. The highest BCUT2D eigenvalue weighted by molar-refractivity contribution is 5.60. The summed E-state index contributed by atoms with van der Waals surface area (Å²) in [6, 6.07) is 18.8. The number of fused-ring (bicyclic) bond motifs is 1. The first-order valence-corrected chi connectivity index (χ1v) is 8.15. The van der Waals surface area contributed by atoms with Crippen molar-refractivity contribution in [1.82, 2.24) is 19.6 Å². The van der Waals surface area contributed by atoms with Crippen LogP contribution in [0.4, 0.5) is 5.95 Å². The zero-order chi connectivity index (χ0) is 17.9. The second-order valence-corrected chi connectivity index (χ2v) is 5.76. The Kier molecular flexibility index (Phi) is 4.10. The van der Waals surface area contributed by atoms with Crippen LogP contribution in [0.15, 0.2) is 65.5 Å². The molecule has 0 fully saturated rings. The summed E-state index contributed by atoms with van der Waals surface area (Å²) in [5.41, 5.74) is 2.30. The van der Waals surface area contributed by atoms with E-state index in [0.717, 1.165) is 16.9 Å². The molecule has 0 aliphatic rings. The van der Waals surface area contributed by atoms with Gasteiger partial charge in [-0.1, -0.05) is 42.5 Å². The summed E-state index contributed by atoms with van der Waals surface area (Å²) < 4.78 is 6.54. The molecule has 130 valence electrons. The number of rotatable bonds is 5. The Bertz CT molecular complexity index is 1100. The summed E-state index contributed by atoms with van der Waals surface area (Å²) in [6.07, 6.45) is 0. The van der Waals surface area contributed by atoms with E-state index in [1.165, 1.54) is 10.6 Å². The van der Waals surface area contributed by atoms with Crippen LogP contribution in [-0.2, 0) is 6.54 Å². The largest absolute Gasteiger partial charge is 0.497 e. The summed E-state index contributed by atoms with van der Waals surface area (Å²) in [4.78, 5) is 21.2. The molecular formula is C19H17N5O2. The van der Waals surface area contributed by atoms with Crippen LogP contribution in [-0.4, -0.2) is 26.7 Å². The predicted octanol–water partition coefficient (Wildman–Crippen LogP) is 2.71. The highest BCUT2D eigenvalue weighted by atomic mass is 16.5. The number of ether oxygens (including phenoxy) is 1. The molecule has 2 heterocycles. The number of methoxy groups -OCH3 is 1. The van der Waals surface area contributed by atoms with Crippen LogP contribution in [0, 0.1) is 0 Å². The minimum absolute atomic E-state index is 0.212. The number of H-pyrrole nitrogens is 1. The van der Waals surface area contributed by atoms with E-state index in [2.05, 4.69) is 20.4 Å². The topological polar surface area (TPSA) is 84.3 Å². The van der Waals surface area contributed by atoms with E-state index in [0.29, 0.717) is 24.0 Å². The first-order valence-electron chi connectivity index (χ1n) is 8.15. The zero-order valence-electron chi connectivity index (χ0n) is 14.1. The van der Waals surface area contributed by atoms with Gasteiger partial charge in [0.05, 0.1) is 12.8 Å². The molecule has 0 bridgehead atoms. The van der Waals surface area contributed by atoms with Crippen LogP contribution >= 0.6 is 0 Å². The van der Waals surface area contributed by atoms with Gasteiger partial charge in [-0.3, -0.25) is 9.89 Å². The van der Waals surface area contributed by atoms with E-state index in [9.17, 15) is 4.79 Å². The lowest BCUT2D eigenvalue weighted by atomic mass is 10.1. The molecule has 7 nitrogen and oxygen atoms in total. The Morgan fingerprint density at radius 2 is 1.92 bits per heavy atom. The summed E-state index contributed by atoms with van der Waals surface area (Å²) in [5, 5.41) is 6.10. The lowest BCUT2D eigenvalue weighted by Crippen LogP contribution is -2.14.